The highest BCUT2D eigenvalue weighted by atomic mass is 32.1. The topological polar surface area (TPSA) is 12.4 Å². The minimum absolute atomic E-state index is 0.254. The van der Waals surface area contributed by atoms with Gasteiger partial charge in [-0.3, -0.25) is 0 Å². The number of hydrogen-bond donors (Lipinski definition) is 0. The van der Waals surface area contributed by atoms with Crippen molar-refractivity contribution in [1.82, 2.24) is 0 Å². The van der Waals surface area contributed by atoms with Gasteiger partial charge in [0.25, 0.3) is 0 Å². The zero-order chi connectivity index (χ0) is 17.6. The molecule has 1 nitrogen and oxygen atoms in total. The number of nitrogens with zero attached hydrogens (tertiary/aromatic N) is 1. The first-order valence-corrected chi connectivity index (χ1v) is 10.3. The Hall–Kier alpha value is -1.05. The van der Waals surface area contributed by atoms with Crippen LogP contribution in [0.2, 0.25) is 0 Å². The van der Waals surface area contributed by atoms with Crippen LogP contribution in [0.4, 0.5) is 10.1 Å². The van der Waals surface area contributed by atoms with Gasteiger partial charge < -0.3 is 0 Å². The maximum absolute atomic E-state index is 14.3. The van der Waals surface area contributed by atoms with Crippen LogP contribution < -0.4 is 0 Å². The maximum Gasteiger partial charge on any atom is 0.150 e. The normalized spacial score (nSPS) is 37.1. The van der Waals surface area contributed by atoms with Crippen LogP contribution >= 0.6 is 12.2 Å². The van der Waals surface area contributed by atoms with Crippen molar-refractivity contribution in [2.45, 2.75) is 71.1 Å². The van der Waals surface area contributed by atoms with Crippen molar-refractivity contribution in [2.75, 3.05) is 0 Å². The largest absolute Gasteiger partial charge is 0.205 e. The summed E-state index contributed by atoms with van der Waals surface area (Å²) < 4.78 is 14.3. The van der Waals surface area contributed by atoms with Gasteiger partial charge in [0, 0.05) is 0 Å². The van der Waals surface area contributed by atoms with Gasteiger partial charge in [0.1, 0.15) is 11.5 Å². The fourth-order valence-electron chi connectivity index (χ4n) is 5.88. The van der Waals surface area contributed by atoms with Crippen LogP contribution in [-0.4, -0.2) is 5.16 Å². The van der Waals surface area contributed by atoms with E-state index in [2.05, 4.69) is 35.4 Å². The summed E-state index contributed by atoms with van der Waals surface area (Å²) in [6.07, 6.45) is 11.1. The zero-order valence-electron chi connectivity index (χ0n) is 15.4. The first kappa shape index (κ1) is 17.4. The van der Waals surface area contributed by atoms with Gasteiger partial charge in [0.05, 0.1) is 5.16 Å². The van der Waals surface area contributed by atoms with Gasteiger partial charge in [0.15, 0.2) is 0 Å². The number of hydrogen-bond acceptors (Lipinski definition) is 2. The van der Waals surface area contributed by atoms with Crippen molar-refractivity contribution in [3.63, 3.8) is 0 Å². The van der Waals surface area contributed by atoms with Crippen LogP contribution in [-0.2, 0) is 0 Å². The molecule has 0 aliphatic heterocycles. The Balaban J connectivity index is 1.35. The second-order valence-electron chi connectivity index (χ2n) is 9.16. The highest BCUT2D eigenvalue weighted by Crippen LogP contribution is 2.66. The van der Waals surface area contributed by atoms with Gasteiger partial charge >= 0.3 is 0 Å². The molecule has 3 saturated carbocycles. The Morgan fingerprint density at radius 2 is 1.76 bits per heavy atom. The minimum atomic E-state index is -0.254. The fraction of sp³-hybridized carbons (Fsp3) is 0.682. The zero-order valence-corrected chi connectivity index (χ0v) is 16.2. The number of thiocarbonyl (C=S) groups is 1. The van der Waals surface area contributed by atoms with Crippen molar-refractivity contribution in [2.24, 2.45) is 28.2 Å². The molecule has 1 aromatic rings. The van der Waals surface area contributed by atoms with E-state index in [9.17, 15) is 4.39 Å². The Morgan fingerprint density at radius 1 is 1.08 bits per heavy atom. The van der Waals surface area contributed by atoms with Crippen LogP contribution in [0.15, 0.2) is 17.1 Å². The van der Waals surface area contributed by atoms with Crippen LogP contribution in [0.25, 0.3) is 0 Å². The maximum atomic E-state index is 14.3. The van der Waals surface area contributed by atoms with Crippen molar-refractivity contribution in [3.8, 4) is 0 Å². The Bertz CT molecular complexity index is 676. The van der Waals surface area contributed by atoms with E-state index in [0.717, 1.165) is 28.9 Å². The monoisotopic (exact) mass is 357 g/mol. The molecule has 0 N–H and O–H groups in total. The van der Waals surface area contributed by atoms with Crippen molar-refractivity contribution >= 4 is 23.1 Å². The molecule has 0 saturated heterocycles. The molecule has 3 heteroatoms. The average molecular weight is 358 g/mol. The summed E-state index contributed by atoms with van der Waals surface area (Å²) in [7, 11) is 0. The number of isothiocyanates is 1. The predicted octanol–water partition coefficient (Wildman–Crippen LogP) is 6.97. The fourth-order valence-corrected chi connectivity index (χ4v) is 5.98. The Labute approximate surface area is 156 Å². The van der Waals surface area contributed by atoms with Crippen molar-refractivity contribution in [3.05, 3.63) is 29.1 Å². The van der Waals surface area contributed by atoms with E-state index in [1.54, 1.807) is 6.07 Å². The molecule has 134 valence electrons. The third-order valence-electron chi connectivity index (χ3n) is 7.38. The molecule has 0 aromatic heterocycles. The van der Waals surface area contributed by atoms with E-state index in [1.165, 1.54) is 51.4 Å². The molecule has 25 heavy (non-hydrogen) atoms. The van der Waals surface area contributed by atoms with E-state index in [1.807, 2.05) is 6.92 Å². The molecule has 0 radical (unpaired) electrons. The highest BCUT2D eigenvalue weighted by Gasteiger charge is 2.54. The van der Waals surface area contributed by atoms with E-state index in [-0.39, 0.29) is 5.82 Å². The van der Waals surface area contributed by atoms with E-state index in [4.69, 9.17) is 0 Å². The van der Waals surface area contributed by atoms with Crippen LogP contribution in [0.5, 0.6) is 0 Å². The molecular weight excluding hydrogens is 329 g/mol. The lowest BCUT2D eigenvalue weighted by Gasteiger charge is -2.60. The van der Waals surface area contributed by atoms with E-state index in [0.29, 0.717) is 17.0 Å². The van der Waals surface area contributed by atoms with E-state index < -0.39 is 0 Å². The summed E-state index contributed by atoms with van der Waals surface area (Å²) in [4.78, 5) is 3.86. The first-order valence-electron chi connectivity index (χ1n) is 9.87. The summed E-state index contributed by atoms with van der Waals surface area (Å²) in [6, 6.07) is 3.78. The summed E-state index contributed by atoms with van der Waals surface area (Å²) in [6.45, 7) is 4.31. The van der Waals surface area contributed by atoms with Gasteiger partial charge in [0.2, 0.25) is 0 Å². The SMILES string of the molecule is Cc1cc(C2CC3(C2)CC(C2CCC(C)CC2)C3)cc(F)c1N=C=S. The summed E-state index contributed by atoms with van der Waals surface area (Å²) in [5, 5.41) is 2.28. The lowest BCUT2D eigenvalue weighted by molar-refractivity contribution is -0.0721. The third kappa shape index (κ3) is 3.22. The molecule has 0 unspecified atom stereocenters. The van der Waals surface area contributed by atoms with Crippen LogP contribution in [0.1, 0.15) is 75.3 Å². The van der Waals surface area contributed by atoms with Gasteiger partial charge in [-0.25, -0.2) is 4.39 Å². The molecule has 4 rings (SSSR count). The summed E-state index contributed by atoms with van der Waals surface area (Å²) >= 11 is 4.61. The average Bonchev–Trinajstić information content (AvgIpc) is 2.50. The van der Waals surface area contributed by atoms with Gasteiger partial charge in [-0.05, 0) is 104 Å². The van der Waals surface area contributed by atoms with Gasteiger partial charge in [-0.15, -0.1) is 0 Å². The predicted molar refractivity (Wildman–Crippen MR) is 104 cm³/mol. The molecule has 0 atom stereocenters. The number of rotatable bonds is 3. The third-order valence-corrected chi connectivity index (χ3v) is 7.47. The number of halogens is 1. The molecule has 3 aliphatic rings. The molecule has 3 fully saturated rings. The second kappa shape index (κ2) is 6.59. The number of aliphatic imine (C=N–C) groups is 1. The Kier molecular flexibility index (Phi) is 4.58. The Morgan fingerprint density at radius 3 is 2.36 bits per heavy atom. The van der Waals surface area contributed by atoms with Crippen LogP contribution in [0, 0.1) is 35.9 Å². The lowest BCUT2D eigenvalue weighted by atomic mass is 9.45. The minimum Gasteiger partial charge on any atom is -0.205 e. The number of aryl methyl sites for hydroxylation is 1. The van der Waals surface area contributed by atoms with Gasteiger partial charge in [-0.1, -0.05) is 25.8 Å². The lowest BCUT2D eigenvalue weighted by Crippen LogP contribution is -2.49. The van der Waals surface area contributed by atoms with Crippen molar-refractivity contribution in [1.29, 1.82) is 0 Å². The molecule has 1 spiro atoms. The van der Waals surface area contributed by atoms with Gasteiger partial charge in [-0.2, -0.15) is 4.99 Å². The first-order chi connectivity index (χ1) is 12.0. The quantitative estimate of drug-likeness (QED) is 0.420. The molecular formula is C22H28FNS. The van der Waals surface area contributed by atoms with E-state index >= 15 is 0 Å². The molecule has 0 amide bonds. The molecule has 0 bridgehead atoms. The van der Waals surface area contributed by atoms with Crippen LogP contribution in [0.3, 0.4) is 0 Å². The molecule has 0 heterocycles. The molecule has 3 aliphatic carbocycles. The summed E-state index contributed by atoms with van der Waals surface area (Å²) in [5.41, 5.74) is 2.96. The molecule has 1 aromatic carbocycles. The standard InChI is InChI=1S/C22H28FNS/c1-14-3-5-16(6-4-14)18-9-22(10-18)11-19(12-22)17-7-15(2)21(24-13-25)20(23)8-17/h7-8,14,16,18-19H,3-6,9-12H2,1-2H3. The van der Waals surface area contributed by atoms with Crippen molar-refractivity contribution < 1.29 is 4.39 Å². The second-order valence-corrected chi connectivity index (χ2v) is 9.35. The number of benzene rings is 1. The highest BCUT2D eigenvalue weighted by molar-refractivity contribution is 7.78. The smallest absolute Gasteiger partial charge is 0.150 e. The summed E-state index contributed by atoms with van der Waals surface area (Å²) in [5.74, 6) is 3.20.